The highest BCUT2D eigenvalue weighted by molar-refractivity contribution is 6.01. The lowest BCUT2D eigenvalue weighted by Crippen LogP contribution is -2.14. The van der Waals surface area contributed by atoms with Gasteiger partial charge in [0.05, 0.1) is 23.4 Å². The van der Waals surface area contributed by atoms with Crippen LogP contribution in [0.5, 0.6) is 0 Å². The number of nitrogens with zero attached hydrogens (tertiary/aromatic N) is 1. The highest BCUT2D eigenvalue weighted by atomic mass is 19.1. The van der Waals surface area contributed by atoms with Crippen LogP contribution in [0.3, 0.4) is 0 Å². The third-order valence-electron chi connectivity index (χ3n) is 5.19. The predicted molar refractivity (Wildman–Crippen MR) is 104 cm³/mol. The molecule has 1 aromatic heterocycles. The molecule has 148 valence electrons. The molecule has 0 saturated carbocycles. The summed E-state index contributed by atoms with van der Waals surface area (Å²) in [6, 6.07) is 6.41. The fraction of sp³-hybridized carbons (Fsp3) is 0.227. The highest BCUT2D eigenvalue weighted by Crippen LogP contribution is 2.44. The van der Waals surface area contributed by atoms with E-state index < -0.39 is 17.7 Å². The number of nitrogens with two attached hydrogens (primary N) is 1. The smallest absolute Gasteiger partial charge is 0.338 e. The fourth-order valence-corrected chi connectivity index (χ4v) is 3.95. The van der Waals surface area contributed by atoms with Gasteiger partial charge in [0.2, 0.25) is 5.91 Å². The van der Waals surface area contributed by atoms with Crippen molar-refractivity contribution in [1.29, 1.82) is 0 Å². The summed E-state index contributed by atoms with van der Waals surface area (Å²) in [6.45, 7) is 5.39. The van der Waals surface area contributed by atoms with Crippen molar-refractivity contribution < 1.29 is 23.2 Å². The summed E-state index contributed by atoms with van der Waals surface area (Å²) in [4.78, 5) is 24.2. The second-order valence-corrected chi connectivity index (χ2v) is 6.97. The van der Waals surface area contributed by atoms with Crippen LogP contribution < -0.4 is 5.73 Å². The SMILES string of the molecule is CCOC(=O)c1ccc2c(c1)Cc1c(C(N)=O)cc(-c3c(C)noc3C)c(F)c1-2. The van der Waals surface area contributed by atoms with E-state index in [9.17, 15) is 9.59 Å². The van der Waals surface area contributed by atoms with Gasteiger partial charge in [-0.2, -0.15) is 0 Å². The van der Waals surface area contributed by atoms with E-state index in [0.29, 0.717) is 45.7 Å². The van der Waals surface area contributed by atoms with Crippen molar-refractivity contribution >= 4 is 11.9 Å². The normalized spacial score (nSPS) is 11.9. The van der Waals surface area contributed by atoms with Crippen molar-refractivity contribution in [2.45, 2.75) is 27.2 Å². The highest BCUT2D eigenvalue weighted by Gasteiger charge is 2.31. The van der Waals surface area contributed by atoms with Gasteiger partial charge in [-0.3, -0.25) is 4.79 Å². The minimum Gasteiger partial charge on any atom is -0.462 e. The van der Waals surface area contributed by atoms with Crippen LogP contribution in [0.1, 0.15) is 50.2 Å². The fourth-order valence-electron chi connectivity index (χ4n) is 3.95. The maximum atomic E-state index is 15.7. The van der Waals surface area contributed by atoms with Crippen LogP contribution in [-0.2, 0) is 11.2 Å². The Morgan fingerprint density at radius 3 is 2.59 bits per heavy atom. The van der Waals surface area contributed by atoms with E-state index >= 15 is 4.39 Å². The molecular formula is C22H19FN2O4. The van der Waals surface area contributed by atoms with Crippen molar-refractivity contribution in [3.63, 3.8) is 0 Å². The van der Waals surface area contributed by atoms with Gasteiger partial charge in [0, 0.05) is 16.7 Å². The Morgan fingerprint density at radius 2 is 1.97 bits per heavy atom. The number of fused-ring (bicyclic) bond motifs is 3. The summed E-state index contributed by atoms with van der Waals surface area (Å²) in [5, 5.41) is 3.89. The number of primary amides is 1. The van der Waals surface area contributed by atoms with E-state index in [1.54, 1.807) is 39.0 Å². The topological polar surface area (TPSA) is 95.4 Å². The number of amides is 1. The van der Waals surface area contributed by atoms with Crippen LogP contribution in [0, 0.1) is 19.7 Å². The van der Waals surface area contributed by atoms with E-state index in [4.69, 9.17) is 15.0 Å². The molecule has 6 nitrogen and oxygen atoms in total. The van der Waals surface area contributed by atoms with E-state index in [1.165, 1.54) is 6.07 Å². The van der Waals surface area contributed by atoms with Crippen LogP contribution in [-0.4, -0.2) is 23.6 Å². The number of aromatic nitrogens is 1. The first-order chi connectivity index (χ1) is 13.8. The number of ether oxygens (including phenoxy) is 1. The van der Waals surface area contributed by atoms with Gasteiger partial charge in [0.15, 0.2) is 0 Å². The first-order valence-corrected chi connectivity index (χ1v) is 9.22. The third kappa shape index (κ3) is 2.90. The molecule has 3 aromatic rings. The number of halogens is 1. The molecule has 1 aliphatic rings. The number of carbonyl (C=O) groups is 2. The summed E-state index contributed by atoms with van der Waals surface area (Å²) in [5.41, 5.74) is 9.68. The Balaban J connectivity index is 1.95. The van der Waals surface area contributed by atoms with Gasteiger partial charge < -0.3 is 15.0 Å². The zero-order valence-electron chi connectivity index (χ0n) is 16.3. The van der Waals surface area contributed by atoms with Crippen LogP contribution >= 0.6 is 0 Å². The van der Waals surface area contributed by atoms with E-state index in [-0.39, 0.29) is 17.7 Å². The van der Waals surface area contributed by atoms with Crippen LogP contribution in [0.25, 0.3) is 22.3 Å². The summed E-state index contributed by atoms with van der Waals surface area (Å²) in [7, 11) is 0. The van der Waals surface area contributed by atoms with Crippen LogP contribution in [0.2, 0.25) is 0 Å². The molecule has 0 unspecified atom stereocenters. The molecule has 1 aliphatic carbocycles. The molecule has 2 N–H and O–H groups in total. The average Bonchev–Trinajstić information content (AvgIpc) is 3.22. The van der Waals surface area contributed by atoms with Crippen molar-refractivity contribution in [2.75, 3.05) is 6.61 Å². The average molecular weight is 394 g/mol. The van der Waals surface area contributed by atoms with Gasteiger partial charge in [0.25, 0.3) is 0 Å². The van der Waals surface area contributed by atoms with Gasteiger partial charge in [-0.25, -0.2) is 9.18 Å². The van der Waals surface area contributed by atoms with E-state index in [2.05, 4.69) is 5.16 Å². The molecule has 2 aromatic carbocycles. The van der Waals surface area contributed by atoms with Gasteiger partial charge in [-0.05, 0) is 62.1 Å². The number of hydrogen-bond donors (Lipinski definition) is 1. The molecule has 0 spiro atoms. The van der Waals surface area contributed by atoms with Crippen molar-refractivity contribution in [3.05, 3.63) is 63.8 Å². The maximum Gasteiger partial charge on any atom is 0.338 e. The molecule has 0 atom stereocenters. The Kier molecular flexibility index (Phi) is 4.45. The van der Waals surface area contributed by atoms with Crippen molar-refractivity contribution in [3.8, 4) is 22.3 Å². The molecule has 1 heterocycles. The molecule has 0 radical (unpaired) electrons. The van der Waals surface area contributed by atoms with Crippen LogP contribution in [0.4, 0.5) is 4.39 Å². The third-order valence-corrected chi connectivity index (χ3v) is 5.19. The van der Waals surface area contributed by atoms with Gasteiger partial charge in [-0.15, -0.1) is 0 Å². The van der Waals surface area contributed by atoms with Crippen molar-refractivity contribution in [1.82, 2.24) is 5.16 Å². The summed E-state index contributed by atoms with van der Waals surface area (Å²) >= 11 is 0. The number of carbonyl (C=O) groups excluding carboxylic acids is 2. The largest absolute Gasteiger partial charge is 0.462 e. The Hall–Kier alpha value is -3.48. The monoisotopic (exact) mass is 394 g/mol. The summed E-state index contributed by atoms with van der Waals surface area (Å²) in [6.07, 6.45) is 0.301. The van der Waals surface area contributed by atoms with E-state index in [0.717, 1.165) is 5.56 Å². The first kappa shape index (κ1) is 18.9. The second-order valence-electron chi connectivity index (χ2n) is 6.97. The molecule has 29 heavy (non-hydrogen) atoms. The number of aryl methyl sites for hydroxylation is 2. The van der Waals surface area contributed by atoms with Gasteiger partial charge >= 0.3 is 5.97 Å². The first-order valence-electron chi connectivity index (χ1n) is 9.22. The molecular weight excluding hydrogens is 375 g/mol. The van der Waals surface area contributed by atoms with E-state index in [1.807, 2.05) is 0 Å². The van der Waals surface area contributed by atoms with Gasteiger partial charge in [-0.1, -0.05) is 11.2 Å². The van der Waals surface area contributed by atoms with Crippen LogP contribution in [0.15, 0.2) is 28.8 Å². The minimum absolute atomic E-state index is 0.219. The molecule has 4 rings (SSSR count). The lowest BCUT2D eigenvalue weighted by Gasteiger charge is -2.12. The standard InChI is InChI=1S/C22H19FN2O4/c1-4-28-22(27)12-5-6-14-13(7-12)8-15-16(21(24)26)9-17(20(23)19(14)15)18-10(2)25-29-11(18)3/h5-7,9H,4,8H2,1-3H3,(H2,24,26). The zero-order chi connectivity index (χ0) is 20.9. The van der Waals surface area contributed by atoms with Crippen molar-refractivity contribution in [2.24, 2.45) is 5.73 Å². The molecule has 0 fully saturated rings. The quantitative estimate of drug-likeness (QED) is 0.529. The maximum absolute atomic E-state index is 15.7. The lowest BCUT2D eigenvalue weighted by molar-refractivity contribution is 0.0526. The summed E-state index contributed by atoms with van der Waals surface area (Å²) in [5.74, 6) is -1.11. The molecule has 7 heteroatoms. The van der Waals surface area contributed by atoms with Gasteiger partial charge in [0.1, 0.15) is 11.6 Å². The number of esters is 1. The number of hydrogen-bond acceptors (Lipinski definition) is 5. The Morgan fingerprint density at radius 1 is 1.21 bits per heavy atom. The zero-order valence-corrected chi connectivity index (χ0v) is 16.3. The number of benzene rings is 2. The number of rotatable bonds is 4. The predicted octanol–water partition coefficient (Wildman–Crippen LogP) is 3.94. The lowest BCUT2D eigenvalue weighted by atomic mass is 9.92. The molecule has 0 saturated heterocycles. The Labute approximate surface area is 166 Å². The summed E-state index contributed by atoms with van der Waals surface area (Å²) < 4.78 is 25.9. The molecule has 0 bridgehead atoms. The molecule has 0 aliphatic heterocycles. The minimum atomic E-state index is -0.646. The second kappa shape index (κ2) is 6.84. The Bertz CT molecular complexity index is 1160. The molecule has 1 amide bonds.